The third-order valence-electron chi connectivity index (χ3n) is 4.00. The fourth-order valence-electron chi connectivity index (χ4n) is 2.71. The van der Waals surface area contributed by atoms with Crippen molar-refractivity contribution in [1.82, 2.24) is 15.0 Å². The van der Waals surface area contributed by atoms with Gasteiger partial charge in [0.15, 0.2) is 0 Å². The van der Waals surface area contributed by atoms with Crippen molar-refractivity contribution in [3.05, 3.63) is 35.7 Å². The number of aromatic nitrogens is 2. The molecule has 24 heavy (non-hydrogen) atoms. The zero-order valence-electron chi connectivity index (χ0n) is 13.0. The van der Waals surface area contributed by atoms with Gasteiger partial charge < -0.3 is 9.42 Å². The number of hydrogen-bond acceptors (Lipinski definition) is 4. The van der Waals surface area contributed by atoms with Crippen molar-refractivity contribution in [2.75, 3.05) is 13.1 Å². The molecule has 0 bridgehead atoms. The number of nitrogens with zero attached hydrogens (tertiary/aromatic N) is 3. The van der Waals surface area contributed by atoms with Crippen molar-refractivity contribution in [1.29, 1.82) is 0 Å². The van der Waals surface area contributed by atoms with Gasteiger partial charge in [0.1, 0.15) is 6.54 Å². The van der Waals surface area contributed by atoms with Gasteiger partial charge in [-0.3, -0.25) is 4.79 Å². The van der Waals surface area contributed by atoms with E-state index in [4.69, 9.17) is 4.52 Å². The number of carbonyl (C=O) groups excluding carboxylic acids is 1. The Hall–Kier alpha value is -2.38. The zero-order valence-corrected chi connectivity index (χ0v) is 13.0. The molecule has 3 rings (SSSR count). The molecular weight excluding hydrogens is 323 g/mol. The van der Waals surface area contributed by atoms with E-state index in [0.29, 0.717) is 5.82 Å². The minimum atomic E-state index is -4.41. The number of alkyl halides is 3. The maximum absolute atomic E-state index is 12.5. The number of carbonyl (C=O) groups is 1. The Morgan fingerprint density at radius 1 is 1.29 bits per heavy atom. The molecule has 1 aliphatic rings. The molecule has 128 valence electrons. The number of rotatable bonds is 4. The van der Waals surface area contributed by atoms with E-state index in [1.54, 1.807) is 0 Å². The average molecular weight is 339 g/mol. The molecule has 1 saturated heterocycles. The van der Waals surface area contributed by atoms with Crippen LogP contribution in [0, 0.1) is 0 Å². The maximum Gasteiger partial charge on any atom is 0.406 e. The number of amides is 1. The third kappa shape index (κ3) is 3.58. The largest absolute Gasteiger partial charge is 0.406 e. The summed E-state index contributed by atoms with van der Waals surface area (Å²) in [6.07, 6.45) is -3.55. The van der Waals surface area contributed by atoms with Gasteiger partial charge in [0, 0.05) is 18.5 Å². The van der Waals surface area contributed by atoms with Crippen LogP contribution in [0.5, 0.6) is 0 Å². The van der Waals surface area contributed by atoms with Crippen LogP contribution in [-0.4, -0.2) is 40.2 Å². The molecule has 1 aromatic carbocycles. The average Bonchev–Trinajstić information content (AvgIpc) is 3.14. The lowest BCUT2D eigenvalue weighted by atomic mass is 10.1. The molecule has 0 radical (unpaired) electrons. The summed E-state index contributed by atoms with van der Waals surface area (Å²) in [7, 11) is 0. The van der Waals surface area contributed by atoms with Crippen LogP contribution in [0.2, 0.25) is 0 Å². The van der Waals surface area contributed by atoms with E-state index < -0.39 is 24.5 Å². The van der Waals surface area contributed by atoms with Gasteiger partial charge in [-0.25, -0.2) is 0 Å². The van der Waals surface area contributed by atoms with Gasteiger partial charge >= 0.3 is 6.18 Å². The van der Waals surface area contributed by atoms with Crippen LogP contribution in [0.3, 0.4) is 0 Å². The van der Waals surface area contributed by atoms with E-state index in [1.807, 2.05) is 31.2 Å². The summed E-state index contributed by atoms with van der Waals surface area (Å²) >= 11 is 0. The van der Waals surface area contributed by atoms with Crippen molar-refractivity contribution < 1.29 is 22.5 Å². The summed E-state index contributed by atoms with van der Waals surface area (Å²) in [5, 5.41) is 3.87. The highest BCUT2D eigenvalue weighted by molar-refractivity contribution is 5.79. The highest BCUT2D eigenvalue weighted by Gasteiger charge is 2.40. The summed E-state index contributed by atoms with van der Waals surface area (Å²) in [5.41, 5.74) is 1.94. The first-order chi connectivity index (χ1) is 11.4. The second-order valence-electron chi connectivity index (χ2n) is 5.80. The molecule has 2 aromatic rings. The van der Waals surface area contributed by atoms with Gasteiger partial charge in [0.2, 0.25) is 17.6 Å². The van der Waals surface area contributed by atoms with Gasteiger partial charge in [-0.2, -0.15) is 18.2 Å². The predicted octanol–water partition coefficient (Wildman–Crippen LogP) is 3.18. The third-order valence-corrected chi connectivity index (χ3v) is 4.00. The monoisotopic (exact) mass is 339 g/mol. The first-order valence-electron chi connectivity index (χ1n) is 7.63. The molecule has 0 aliphatic carbocycles. The molecule has 0 saturated carbocycles. The van der Waals surface area contributed by atoms with Crippen LogP contribution < -0.4 is 0 Å². The minimum Gasteiger partial charge on any atom is -0.339 e. The van der Waals surface area contributed by atoms with Crippen LogP contribution in [0.1, 0.15) is 30.7 Å². The van der Waals surface area contributed by atoms with E-state index in [-0.39, 0.29) is 18.9 Å². The molecule has 1 aromatic heterocycles. The number of hydrogen-bond donors (Lipinski definition) is 0. The van der Waals surface area contributed by atoms with E-state index in [2.05, 4.69) is 10.1 Å². The molecule has 8 heteroatoms. The Morgan fingerprint density at radius 3 is 2.62 bits per heavy atom. The Morgan fingerprint density at radius 2 is 2.00 bits per heavy atom. The number of likely N-dealkylation sites (tertiary alicyclic amines) is 1. The predicted molar refractivity (Wildman–Crippen MR) is 79.1 cm³/mol. The fraction of sp³-hybridized carbons (Fsp3) is 0.438. The Labute approximate surface area is 136 Å². The van der Waals surface area contributed by atoms with Crippen molar-refractivity contribution in [2.45, 2.75) is 31.9 Å². The summed E-state index contributed by atoms with van der Waals surface area (Å²) in [4.78, 5) is 16.7. The molecule has 2 heterocycles. The lowest BCUT2D eigenvalue weighted by Crippen LogP contribution is -2.35. The normalized spacial score (nSPS) is 18.4. The van der Waals surface area contributed by atoms with Crippen LogP contribution in [-0.2, 0) is 11.2 Å². The SMILES string of the molecule is CCc1ccc(-c2noc([C@@H]3CC(=O)N(CC(F)(F)F)C3)n2)cc1. The van der Waals surface area contributed by atoms with Crippen molar-refractivity contribution in [2.24, 2.45) is 0 Å². The molecule has 0 spiro atoms. The summed E-state index contributed by atoms with van der Waals surface area (Å²) in [5.74, 6) is -0.489. The lowest BCUT2D eigenvalue weighted by molar-refractivity contribution is -0.157. The highest BCUT2D eigenvalue weighted by Crippen LogP contribution is 2.30. The highest BCUT2D eigenvalue weighted by atomic mass is 19.4. The van der Waals surface area contributed by atoms with Crippen LogP contribution >= 0.6 is 0 Å². The van der Waals surface area contributed by atoms with Crippen molar-refractivity contribution in [3.8, 4) is 11.4 Å². The molecular formula is C16H16F3N3O2. The summed E-state index contributed by atoms with van der Waals surface area (Å²) in [6, 6.07) is 7.64. The molecule has 1 atom stereocenters. The first-order valence-corrected chi connectivity index (χ1v) is 7.63. The zero-order chi connectivity index (χ0) is 17.3. The van der Waals surface area contributed by atoms with E-state index >= 15 is 0 Å². The molecule has 5 nitrogen and oxygen atoms in total. The molecule has 1 aliphatic heterocycles. The minimum absolute atomic E-state index is 0.0491. The summed E-state index contributed by atoms with van der Waals surface area (Å²) < 4.78 is 42.5. The second-order valence-corrected chi connectivity index (χ2v) is 5.80. The topological polar surface area (TPSA) is 59.2 Å². The summed E-state index contributed by atoms with van der Waals surface area (Å²) in [6.45, 7) is 0.738. The van der Waals surface area contributed by atoms with Gasteiger partial charge in [0.25, 0.3) is 0 Å². The molecule has 1 amide bonds. The Balaban J connectivity index is 1.72. The quantitative estimate of drug-likeness (QED) is 0.858. The van der Waals surface area contributed by atoms with Crippen LogP contribution in [0.4, 0.5) is 13.2 Å². The lowest BCUT2D eigenvalue weighted by Gasteiger charge is -2.17. The second kappa shape index (κ2) is 6.26. The molecule has 1 fully saturated rings. The fourth-order valence-corrected chi connectivity index (χ4v) is 2.71. The number of halogens is 3. The van der Waals surface area contributed by atoms with Crippen molar-refractivity contribution >= 4 is 5.91 Å². The first kappa shape index (κ1) is 16.5. The number of aryl methyl sites for hydroxylation is 1. The van der Waals surface area contributed by atoms with Gasteiger partial charge in [0.05, 0.1) is 5.92 Å². The maximum atomic E-state index is 12.5. The van der Waals surface area contributed by atoms with Crippen molar-refractivity contribution in [3.63, 3.8) is 0 Å². The standard InChI is InChI=1S/C16H16F3N3O2/c1-2-10-3-5-11(6-4-10)14-20-15(24-21-14)12-7-13(23)22(8-12)9-16(17,18)19/h3-6,12H,2,7-9H2,1H3/t12-/m1/s1. The Kier molecular flexibility index (Phi) is 4.29. The van der Waals surface area contributed by atoms with Gasteiger partial charge in [-0.05, 0) is 12.0 Å². The van der Waals surface area contributed by atoms with E-state index in [9.17, 15) is 18.0 Å². The van der Waals surface area contributed by atoms with Crippen LogP contribution in [0.25, 0.3) is 11.4 Å². The Bertz CT molecular complexity index is 725. The van der Waals surface area contributed by atoms with Gasteiger partial charge in [-0.1, -0.05) is 36.3 Å². The molecule has 0 unspecified atom stereocenters. The smallest absolute Gasteiger partial charge is 0.339 e. The number of benzene rings is 1. The van der Waals surface area contributed by atoms with Crippen LogP contribution in [0.15, 0.2) is 28.8 Å². The molecule has 0 N–H and O–H groups in total. The van der Waals surface area contributed by atoms with Gasteiger partial charge in [-0.15, -0.1) is 0 Å². The van der Waals surface area contributed by atoms with E-state index in [0.717, 1.165) is 16.9 Å². The van der Waals surface area contributed by atoms with E-state index in [1.165, 1.54) is 5.56 Å².